The largest absolute Gasteiger partial charge is 0.493 e. The van der Waals surface area contributed by atoms with Crippen LogP contribution in [0.4, 0.5) is 0 Å². The van der Waals surface area contributed by atoms with Crippen LogP contribution in [0.25, 0.3) is 0 Å². The van der Waals surface area contributed by atoms with Gasteiger partial charge in [0, 0.05) is 4.47 Å². The van der Waals surface area contributed by atoms with Crippen molar-refractivity contribution < 1.29 is 14.3 Å². The van der Waals surface area contributed by atoms with E-state index in [1.165, 1.54) is 6.42 Å². The molecule has 2 N–H and O–H groups in total. The first-order chi connectivity index (χ1) is 8.24. The molecule has 17 heavy (non-hydrogen) atoms. The van der Waals surface area contributed by atoms with E-state index in [1.54, 1.807) is 7.11 Å². The molecule has 4 nitrogen and oxygen atoms in total. The lowest BCUT2D eigenvalue weighted by Crippen LogP contribution is -2.24. The molecule has 0 unspecified atom stereocenters. The van der Waals surface area contributed by atoms with Crippen molar-refractivity contribution in [2.45, 2.75) is 32.0 Å². The predicted molar refractivity (Wildman–Crippen MR) is 67.9 cm³/mol. The Morgan fingerprint density at radius 2 is 2.12 bits per heavy atom. The van der Waals surface area contributed by atoms with Crippen LogP contribution in [-0.4, -0.2) is 13.2 Å². The monoisotopic (exact) mass is 301 g/mol. The lowest BCUT2D eigenvalue weighted by atomic mass is 9.96. The number of rotatable bonds is 5. The first-order valence-corrected chi connectivity index (χ1v) is 6.38. The summed E-state index contributed by atoms with van der Waals surface area (Å²) < 4.78 is 12.1. The average molecular weight is 302 g/mol. The fourth-order valence-electron chi connectivity index (χ4n) is 1.70. The molecule has 1 saturated carbocycles. The van der Waals surface area contributed by atoms with E-state index in [0.717, 1.165) is 34.4 Å². The molecule has 1 aromatic rings. The SMILES string of the molecule is COc1cc(Br)c(CON)cc1OC1CCC1. The fourth-order valence-corrected chi connectivity index (χ4v) is 2.13. The van der Waals surface area contributed by atoms with Crippen LogP contribution in [0.2, 0.25) is 0 Å². The molecule has 0 radical (unpaired) electrons. The third-order valence-corrected chi connectivity index (χ3v) is 3.66. The van der Waals surface area contributed by atoms with Gasteiger partial charge in [0.1, 0.15) is 0 Å². The number of halogens is 1. The molecule has 2 rings (SSSR count). The quantitative estimate of drug-likeness (QED) is 0.850. The van der Waals surface area contributed by atoms with E-state index in [1.807, 2.05) is 12.1 Å². The summed E-state index contributed by atoms with van der Waals surface area (Å²) in [6.07, 6.45) is 3.78. The average Bonchev–Trinajstić information content (AvgIpc) is 2.27. The van der Waals surface area contributed by atoms with E-state index in [2.05, 4.69) is 20.8 Å². The van der Waals surface area contributed by atoms with Gasteiger partial charge in [0.05, 0.1) is 19.8 Å². The number of ether oxygens (including phenoxy) is 2. The zero-order valence-corrected chi connectivity index (χ0v) is 11.3. The second-order valence-electron chi connectivity index (χ2n) is 4.08. The van der Waals surface area contributed by atoms with Gasteiger partial charge in [0.25, 0.3) is 0 Å². The summed E-state index contributed by atoms with van der Waals surface area (Å²) in [5.74, 6) is 6.58. The van der Waals surface area contributed by atoms with Gasteiger partial charge < -0.3 is 9.47 Å². The van der Waals surface area contributed by atoms with Crippen molar-refractivity contribution in [2.24, 2.45) is 5.90 Å². The summed E-state index contributed by atoms with van der Waals surface area (Å²) in [7, 11) is 1.63. The van der Waals surface area contributed by atoms with E-state index in [-0.39, 0.29) is 0 Å². The molecule has 1 aromatic carbocycles. The van der Waals surface area contributed by atoms with Gasteiger partial charge in [-0.05, 0) is 37.0 Å². The molecule has 0 atom stereocenters. The van der Waals surface area contributed by atoms with Crippen molar-refractivity contribution in [1.82, 2.24) is 0 Å². The first-order valence-electron chi connectivity index (χ1n) is 5.59. The van der Waals surface area contributed by atoms with Gasteiger partial charge in [-0.15, -0.1) is 0 Å². The number of nitrogens with two attached hydrogens (primary N) is 1. The van der Waals surface area contributed by atoms with Crippen molar-refractivity contribution in [2.75, 3.05) is 7.11 Å². The molecule has 0 aliphatic heterocycles. The standard InChI is InChI=1S/C12H16BrNO3/c1-15-11-6-10(13)8(7-16-14)5-12(11)17-9-3-2-4-9/h5-6,9H,2-4,7,14H2,1H3. The third-order valence-electron chi connectivity index (χ3n) is 2.92. The smallest absolute Gasteiger partial charge is 0.162 e. The minimum Gasteiger partial charge on any atom is -0.493 e. The Hall–Kier alpha value is -0.780. The summed E-state index contributed by atoms with van der Waals surface area (Å²) >= 11 is 3.45. The van der Waals surface area contributed by atoms with E-state index in [4.69, 9.17) is 15.4 Å². The van der Waals surface area contributed by atoms with Gasteiger partial charge in [0.2, 0.25) is 0 Å². The minimum atomic E-state index is 0.316. The summed E-state index contributed by atoms with van der Waals surface area (Å²) in [4.78, 5) is 4.66. The third kappa shape index (κ3) is 2.91. The van der Waals surface area contributed by atoms with Crippen molar-refractivity contribution >= 4 is 15.9 Å². The molecule has 0 heterocycles. The van der Waals surface area contributed by atoms with Crippen molar-refractivity contribution in [3.05, 3.63) is 22.2 Å². The maximum absolute atomic E-state index is 5.87. The molecule has 0 bridgehead atoms. The Morgan fingerprint density at radius 1 is 1.35 bits per heavy atom. The lowest BCUT2D eigenvalue weighted by molar-refractivity contribution is 0.112. The van der Waals surface area contributed by atoms with Crippen LogP contribution >= 0.6 is 15.9 Å². The lowest BCUT2D eigenvalue weighted by Gasteiger charge is -2.27. The number of hydrogen-bond donors (Lipinski definition) is 1. The van der Waals surface area contributed by atoms with Gasteiger partial charge >= 0.3 is 0 Å². The molecule has 0 aromatic heterocycles. The van der Waals surface area contributed by atoms with Crippen molar-refractivity contribution in [1.29, 1.82) is 0 Å². The Kier molecular flexibility index (Phi) is 4.25. The topological polar surface area (TPSA) is 53.7 Å². The molecular formula is C12H16BrNO3. The molecule has 1 aliphatic rings. The summed E-state index contributed by atoms with van der Waals surface area (Å²) in [6, 6.07) is 3.79. The van der Waals surface area contributed by atoms with E-state index < -0.39 is 0 Å². The van der Waals surface area contributed by atoms with Crippen LogP contribution in [-0.2, 0) is 11.4 Å². The highest BCUT2D eigenvalue weighted by Crippen LogP contribution is 2.36. The zero-order valence-electron chi connectivity index (χ0n) is 9.74. The molecule has 1 aliphatic carbocycles. The minimum absolute atomic E-state index is 0.316. The van der Waals surface area contributed by atoms with Gasteiger partial charge in [0.15, 0.2) is 11.5 Å². The van der Waals surface area contributed by atoms with Gasteiger partial charge in [-0.25, -0.2) is 5.90 Å². The van der Waals surface area contributed by atoms with Crippen LogP contribution in [0.1, 0.15) is 24.8 Å². The highest BCUT2D eigenvalue weighted by Gasteiger charge is 2.21. The predicted octanol–water partition coefficient (Wildman–Crippen LogP) is 2.78. The second-order valence-corrected chi connectivity index (χ2v) is 4.93. The summed E-state index contributed by atoms with van der Waals surface area (Å²) in [5.41, 5.74) is 0.947. The Bertz CT molecular complexity index is 394. The van der Waals surface area contributed by atoms with E-state index in [0.29, 0.717) is 12.7 Å². The van der Waals surface area contributed by atoms with Crippen molar-refractivity contribution in [3.63, 3.8) is 0 Å². The Morgan fingerprint density at radius 3 is 2.65 bits per heavy atom. The van der Waals surface area contributed by atoms with Crippen LogP contribution in [0.3, 0.4) is 0 Å². The van der Waals surface area contributed by atoms with Crippen LogP contribution in [0.15, 0.2) is 16.6 Å². The zero-order chi connectivity index (χ0) is 12.3. The molecule has 0 saturated heterocycles. The molecule has 94 valence electrons. The summed E-state index contributed by atoms with van der Waals surface area (Å²) in [6.45, 7) is 0.339. The van der Waals surface area contributed by atoms with Gasteiger partial charge in [-0.2, -0.15) is 0 Å². The Balaban J connectivity index is 2.22. The molecular weight excluding hydrogens is 286 g/mol. The van der Waals surface area contributed by atoms with Crippen LogP contribution < -0.4 is 15.4 Å². The molecule has 0 amide bonds. The molecule has 5 heteroatoms. The van der Waals surface area contributed by atoms with Gasteiger partial charge in [-0.3, -0.25) is 4.84 Å². The second kappa shape index (κ2) is 5.71. The van der Waals surface area contributed by atoms with Crippen LogP contribution in [0.5, 0.6) is 11.5 Å². The number of hydrogen-bond acceptors (Lipinski definition) is 4. The first kappa shape index (κ1) is 12.7. The van der Waals surface area contributed by atoms with Crippen molar-refractivity contribution in [3.8, 4) is 11.5 Å². The normalized spacial score (nSPS) is 15.5. The summed E-state index contributed by atoms with van der Waals surface area (Å²) in [5, 5.41) is 0. The van der Waals surface area contributed by atoms with Crippen LogP contribution in [0, 0.1) is 0 Å². The highest BCUT2D eigenvalue weighted by molar-refractivity contribution is 9.10. The van der Waals surface area contributed by atoms with Gasteiger partial charge in [-0.1, -0.05) is 15.9 Å². The fraction of sp³-hybridized carbons (Fsp3) is 0.500. The maximum Gasteiger partial charge on any atom is 0.162 e. The highest BCUT2D eigenvalue weighted by atomic mass is 79.9. The number of benzene rings is 1. The van der Waals surface area contributed by atoms with E-state index in [9.17, 15) is 0 Å². The maximum atomic E-state index is 5.87. The Labute approximate surface area is 109 Å². The van der Waals surface area contributed by atoms with E-state index >= 15 is 0 Å². The molecule has 0 spiro atoms. The number of methoxy groups -OCH3 is 1. The molecule has 1 fully saturated rings.